The Morgan fingerprint density at radius 1 is 1.50 bits per heavy atom. The van der Waals surface area contributed by atoms with Crippen LogP contribution < -0.4 is 11.5 Å². The van der Waals surface area contributed by atoms with Gasteiger partial charge in [-0.2, -0.15) is 0 Å². The molecule has 0 aliphatic carbocycles. The van der Waals surface area contributed by atoms with Crippen molar-refractivity contribution in [2.75, 3.05) is 12.3 Å². The lowest BCUT2D eigenvalue weighted by Gasteiger charge is -2.10. The molecule has 0 aromatic rings. The van der Waals surface area contributed by atoms with Crippen molar-refractivity contribution < 1.29 is 14.4 Å². The van der Waals surface area contributed by atoms with Crippen LogP contribution in [0.1, 0.15) is 12.8 Å². The Labute approximate surface area is 75.8 Å². The third-order valence-electron chi connectivity index (χ3n) is 1.24. The van der Waals surface area contributed by atoms with Crippen LogP contribution in [0, 0.1) is 0 Å². The summed E-state index contributed by atoms with van der Waals surface area (Å²) in [6.45, 7) is -3.38. The number of rotatable bonds is 6. The second-order valence-electron chi connectivity index (χ2n) is 2.48. The normalized spacial score (nSPS) is 14.7. The van der Waals surface area contributed by atoms with Crippen LogP contribution in [-0.4, -0.2) is 28.1 Å². The second kappa shape index (κ2) is 5.96. The summed E-state index contributed by atoms with van der Waals surface area (Å²) in [4.78, 5) is 17.0. The van der Waals surface area contributed by atoms with Gasteiger partial charge in [0.15, 0.2) is 0 Å². The van der Waals surface area contributed by atoms with E-state index in [1.807, 2.05) is 0 Å². The third-order valence-corrected chi connectivity index (χ3v) is 3.61. The van der Waals surface area contributed by atoms with E-state index in [0.29, 0.717) is 24.3 Å². The van der Waals surface area contributed by atoms with Gasteiger partial charge in [0.25, 0.3) is 0 Å². The predicted molar refractivity (Wildman–Crippen MR) is 50.8 cm³/mol. The summed E-state index contributed by atoms with van der Waals surface area (Å²) in [5, 5.41) is 0. The van der Waals surface area contributed by atoms with E-state index in [9.17, 15) is 4.57 Å². The zero-order chi connectivity index (χ0) is 9.61. The molecule has 0 rings (SSSR count). The fourth-order valence-corrected chi connectivity index (χ4v) is 2.37. The molecule has 12 heavy (non-hydrogen) atoms. The molecule has 0 aromatic heterocycles. The van der Waals surface area contributed by atoms with Crippen molar-refractivity contribution in [1.29, 1.82) is 0 Å². The molecule has 0 aromatic carbocycles. The first-order chi connectivity index (χ1) is 5.45. The maximum Gasteiger partial charge on any atom is 0.384 e. The van der Waals surface area contributed by atoms with Gasteiger partial charge in [-0.05, 0) is 30.8 Å². The molecule has 0 amide bonds. The standard InChI is InChI=1S/C5H15N2O3PS/c6-3-1-2-5(7)4-12-11(8,9)10/h5H,1-4,6-7H2,(H2,8,9,10). The lowest BCUT2D eigenvalue weighted by Crippen LogP contribution is -2.23. The second-order valence-corrected chi connectivity index (χ2v) is 6.25. The zero-order valence-corrected chi connectivity index (χ0v) is 8.43. The molecule has 0 bridgehead atoms. The summed E-state index contributed by atoms with van der Waals surface area (Å²) in [5.41, 5.74) is 10.8. The van der Waals surface area contributed by atoms with Gasteiger partial charge in [-0.1, -0.05) is 0 Å². The number of hydrogen-bond acceptors (Lipinski definition) is 4. The maximum absolute atomic E-state index is 10.4. The van der Waals surface area contributed by atoms with Crippen LogP contribution >= 0.6 is 18.2 Å². The van der Waals surface area contributed by atoms with E-state index in [1.165, 1.54) is 0 Å². The molecule has 0 heterocycles. The summed E-state index contributed by atoms with van der Waals surface area (Å²) in [6, 6.07) is -0.175. The average molecular weight is 214 g/mol. The molecule has 74 valence electrons. The molecular formula is C5H15N2O3PS. The van der Waals surface area contributed by atoms with Crippen LogP contribution in [0.2, 0.25) is 0 Å². The first-order valence-corrected chi connectivity index (χ1v) is 6.81. The molecule has 0 saturated heterocycles. The van der Waals surface area contributed by atoms with Crippen LogP contribution in [-0.2, 0) is 4.57 Å². The Balaban J connectivity index is 3.44. The van der Waals surface area contributed by atoms with Gasteiger partial charge < -0.3 is 21.3 Å². The molecule has 1 unspecified atom stereocenters. The molecule has 0 aliphatic rings. The molecule has 0 aliphatic heterocycles. The van der Waals surface area contributed by atoms with Gasteiger partial charge in [-0.15, -0.1) is 0 Å². The summed E-state index contributed by atoms with van der Waals surface area (Å²) in [6.07, 6.45) is 1.51. The molecule has 6 N–H and O–H groups in total. The minimum atomic E-state index is -3.95. The zero-order valence-electron chi connectivity index (χ0n) is 6.72. The SMILES string of the molecule is NCCCC(N)CSP(=O)(O)O. The molecule has 0 radical (unpaired) electrons. The van der Waals surface area contributed by atoms with Crippen molar-refractivity contribution in [3.63, 3.8) is 0 Å². The monoisotopic (exact) mass is 214 g/mol. The van der Waals surface area contributed by atoms with Crippen molar-refractivity contribution in [1.82, 2.24) is 0 Å². The van der Waals surface area contributed by atoms with Gasteiger partial charge in [-0.3, -0.25) is 0 Å². The quantitative estimate of drug-likeness (QED) is 0.459. The van der Waals surface area contributed by atoms with Crippen LogP contribution in [0.15, 0.2) is 0 Å². The molecular weight excluding hydrogens is 199 g/mol. The van der Waals surface area contributed by atoms with Crippen molar-refractivity contribution in [3.8, 4) is 0 Å². The molecule has 0 spiro atoms. The van der Waals surface area contributed by atoms with Crippen LogP contribution in [0.4, 0.5) is 0 Å². The molecule has 1 atom stereocenters. The fraction of sp³-hybridized carbons (Fsp3) is 1.00. The van der Waals surface area contributed by atoms with Crippen LogP contribution in [0.25, 0.3) is 0 Å². The fourth-order valence-electron chi connectivity index (χ4n) is 0.656. The first-order valence-electron chi connectivity index (χ1n) is 3.61. The molecule has 5 nitrogen and oxygen atoms in total. The highest BCUT2D eigenvalue weighted by Crippen LogP contribution is 2.50. The topological polar surface area (TPSA) is 110 Å². The third kappa shape index (κ3) is 8.52. The highest BCUT2D eigenvalue weighted by molar-refractivity contribution is 8.54. The minimum absolute atomic E-state index is 0.175. The van der Waals surface area contributed by atoms with E-state index < -0.39 is 6.80 Å². The lowest BCUT2D eigenvalue weighted by molar-refractivity contribution is 0.396. The van der Waals surface area contributed by atoms with Crippen LogP contribution in [0.3, 0.4) is 0 Å². The Morgan fingerprint density at radius 2 is 2.08 bits per heavy atom. The van der Waals surface area contributed by atoms with E-state index in [1.54, 1.807) is 0 Å². The Kier molecular flexibility index (Phi) is 6.17. The van der Waals surface area contributed by atoms with Crippen molar-refractivity contribution in [2.45, 2.75) is 18.9 Å². The van der Waals surface area contributed by atoms with Crippen LogP contribution in [0.5, 0.6) is 0 Å². The number of hydrogen-bond donors (Lipinski definition) is 4. The average Bonchev–Trinajstić information content (AvgIpc) is 1.95. The van der Waals surface area contributed by atoms with E-state index in [0.717, 1.165) is 6.42 Å². The van der Waals surface area contributed by atoms with E-state index >= 15 is 0 Å². The maximum atomic E-state index is 10.4. The first kappa shape index (κ1) is 12.4. The van der Waals surface area contributed by atoms with Crippen molar-refractivity contribution in [3.05, 3.63) is 0 Å². The largest absolute Gasteiger partial charge is 0.384 e. The summed E-state index contributed by atoms with van der Waals surface area (Å²) in [5.74, 6) is 0.282. The minimum Gasteiger partial charge on any atom is -0.330 e. The lowest BCUT2D eigenvalue weighted by atomic mass is 10.2. The molecule has 0 saturated carbocycles. The number of nitrogens with two attached hydrogens (primary N) is 2. The summed E-state index contributed by atoms with van der Waals surface area (Å²) >= 11 is 0.593. The Bertz CT molecular complexity index is 163. The van der Waals surface area contributed by atoms with E-state index in [4.69, 9.17) is 21.3 Å². The van der Waals surface area contributed by atoms with Gasteiger partial charge in [-0.25, -0.2) is 4.57 Å². The van der Waals surface area contributed by atoms with Gasteiger partial charge >= 0.3 is 6.80 Å². The predicted octanol–water partition coefficient (Wildman–Crippen LogP) is -0.121. The van der Waals surface area contributed by atoms with Crippen molar-refractivity contribution >= 4 is 18.2 Å². The van der Waals surface area contributed by atoms with E-state index in [-0.39, 0.29) is 11.8 Å². The van der Waals surface area contributed by atoms with Gasteiger partial charge in [0.1, 0.15) is 0 Å². The Hall–Kier alpha value is 0.420. The van der Waals surface area contributed by atoms with E-state index in [2.05, 4.69) is 0 Å². The smallest absolute Gasteiger partial charge is 0.330 e. The molecule has 7 heteroatoms. The van der Waals surface area contributed by atoms with Crippen molar-refractivity contribution in [2.24, 2.45) is 11.5 Å². The summed E-state index contributed by atoms with van der Waals surface area (Å²) in [7, 11) is 0. The summed E-state index contributed by atoms with van der Waals surface area (Å²) < 4.78 is 10.4. The van der Waals surface area contributed by atoms with Gasteiger partial charge in [0.2, 0.25) is 0 Å². The van der Waals surface area contributed by atoms with Gasteiger partial charge in [0, 0.05) is 11.8 Å². The highest BCUT2D eigenvalue weighted by Gasteiger charge is 2.15. The Morgan fingerprint density at radius 3 is 2.50 bits per heavy atom. The molecule has 0 fully saturated rings. The van der Waals surface area contributed by atoms with Gasteiger partial charge in [0.05, 0.1) is 0 Å². The highest BCUT2D eigenvalue weighted by atomic mass is 32.7.